The lowest BCUT2D eigenvalue weighted by molar-refractivity contribution is 0.253. The predicted octanol–water partition coefficient (Wildman–Crippen LogP) is 3.82. The zero-order valence-electron chi connectivity index (χ0n) is 9.32. The number of benzene rings is 1. The molecule has 1 aromatic rings. The van der Waals surface area contributed by atoms with Crippen LogP contribution in [0.3, 0.4) is 0 Å². The van der Waals surface area contributed by atoms with Gasteiger partial charge in [-0.2, -0.15) is 0 Å². The van der Waals surface area contributed by atoms with Crippen LogP contribution >= 0.6 is 11.8 Å². The van der Waals surface area contributed by atoms with Crippen molar-refractivity contribution < 1.29 is 4.79 Å². The first-order valence-electron chi connectivity index (χ1n) is 5.88. The number of hydrogen-bond acceptors (Lipinski definition) is 2. The van der Waals surface area contributed by atoms with Gasteiger partial charge >= 0.3 is 0 Å². The molecule has 1 aliphatic carbocycles. The minimum atomic E-state index is 0.0816. The molecule has 2 rings (SSSR count). The van der Waals surface area contributed by atoms with Gasteiger partial charge in [-0.1, -0.05) is 37.5 Å². The second kappa shape index (κ2) is 5.94. The monoisotopic (exact) mass is 235 g/mol. The fourth-order valence-electron chi connectivity index (χ4n) is 2.04. The van der Waals surface area contributed by atoms with Crippen molar-refractivity contribution >= 4 is 17.0 Å². The summed E-state index contributed by atoms with van der Waals surface area (Å²) in [5.74, 6) is 0. The Balaban J connectivity index is 1.80. The van der Waals surface area contributed by atoms with Crippen molar-refractivity contribution in [1.82, 2.24) is 5.32 Å². The van der Waals surface area contributed by atoms with E-state index in [0.717, 1.165) is 17.7 Å². The molecule has 3 heteroatoms. The highest BCUT2D eigenvalue weighted by Gasteiger charge is 2.15. The molecule has 0 radical (unpaired) electrons. The highest BCUT2D eigenvalue weighted by molar-refractivity contribution is 8.13. The lowest BCUT2D eigenvalue weighted by Crippen LogP contribution is -2.33. The Morgan fingerprint density at radius 3 is 2.50 bits per heavy atom. The van der Waals surface area contributed by atoms with E-state index in [2.05, 4.69) is 5.32 Å². The number of rotatable bonds is 2. The smallest absolute Gasteiger partial charge is 0.284 e. The maximum atomic E-state index is 11.7. The Morgan fingerprint density at radius 2 is 1.81 bits per heavy atom. The van der Waals surface area contributed by atoms with Crippen LogP contribution in [0.25, 0.3) is 0 Å². The molecule has 1 saturated carbocycles. The summed E-state index contributed by atoms with van der Waals surface area (Å²) >= 11 is 1.29. The zero-order chi connectivity index (χ0) is 11.2. The summed E-state index contributed by atoms with van der Waals surface area (Å²) in [5.41, 5.74) is 0. The van der Waals surface area contributed by atoms with E-state index < -0.39 is 0 Å². The van der Waals surface area contributed by atoms with Gasteiger partial charge in [0.1, 0.15) is 0 Å². The third kappa shape index (κ3) is 3.56. The van der Waals surface area contributed by atoms with Crippen LogP contribution in [0.1, 0.15) is 32.1 Å². The molecule has 1 fully saturated rings. The Morgan fingerprint density at radius 1 is 1.12 bits per heavy atom. The maximum Gasteiger partial charge on any atom is 0.284 e. The average molecular weight is 235 g/mol. The van der Waals surface area contributed by atoms with Crippen LogP contribution in [-0.2, 0) is 0 Å². The standard InChI is InChI=1S/C13H17NOS/c15-13(14-11-7-3-1-4-8-11)16-12-9-5-2-6-10-12/h2,5-6,9-11H,1,3-4,7-8H2,(H,14,15). The van der Waals surface area contributed by atoms with Gasteiger partial charge in [-0.15, -0.1) is 0 Å². The van der Waals surface area contributed by atoms with Gasteiger partial charge in [0.2, 0.25) is 0 Å². The van der Waals surface area contributed by atoms with Gasteiger partial charge in [0.05, 0.1) is 0 Å². The molecule has 0 unspecified atom stereocenters. The fourth-order valence-corrected chi connectivity index (χ4v) is 2.77. The third-order valence-corrected chi connectivity index (χ3v) is 3.69. The van der Waals surface area contributed by atoms with Gasteiger partial charge in [-0.3, -0.25) is 4.79 Å². The van der Waals surface area contributed by atoms with Gasteiger partial charge < -0.3 is 5.32 Å². The number of amides is 1. The first-order chi connectivity index (χ1) is 7.84. The second-order valence-corrected chi connectivity index (χ2v) is 5.23. The first kappa shape index (κ1) is 11.5. The highest BCUT2D eigenvalue weighted by Crippen LogP contribution is 2.21. The Bertz CT molecular complexity index is 333. The fraction of sp³-hybridized carbons (Fsp3) is 0.462. The molecule has 0 bridgehead atoms. The van der Waals surface area contributed by atoms with Crippen LogP contribution in [0.5, 0.6) is 0 Å². The molecule has 0 saturated heterocycles. The van der Waals surface area contributed by atoms with E-state index in [1.165, 1.54) is 31.0 Å². The molecular formula is C13H17NOS. The highest BCUT2D eigenvalue weighted by atomic mass is 32.2. The number of nitrogens with one attached hydrogen (secondary N) is 1. The van der Waals surface area contributed by atoms with Crippen molar-refractivity contribution in [3.8, 4) is 0 Å². The SMILES string of the molecule is O=C(NC1CCCCC1)Sc1ccccc1. The van der Waals surface area contributed by atoms with Gasteiger partial charge in [0.15, 0.2) is 0 Å². The predicted molar refractivity (Wildman–Crippen MR) is 67.7 cm³/mol. The molecule has 0 heterocycles. The molecule has 0 aliphatic heterocycles. The van der Waals surface area contributed by atoms with E-state index in [9.17, 15) is 4.79 Å². The molecule has 2 nitrogen and oxygen atoms in total. The van der Waals surface area contributed by atoms with Crippen LogP contribution < -0.4 is 5.32 Å². The zero-order valence-corrected chi connectivity index (χ0v) is 10.1. The molecule has 0 atom stereocenters. The minimum Gasteiger partial charge on any atom is -0.344 e. The summed E-state index contributed by atoms with van der Waals surface area (Å²) in [6, 6.07) is 10.2. The van der Waals surface area contributed by atoms with Crippen molar-refractivity contribution in [2.45, 2.75) is 43.0 Å². The Kier molecular flexibility index (Phi) is 4.28. The maximum absolute atomic E-state index is 11.7. The second-order valence-electron chi connectivity index (χ2n) is 4.18. The summed E-state index contributed by atoms with van der Waals surface area (Å²) in [7, 11) is 0. The summed E-state index contributed by atoms with van der Waals surface area (Å²) in [4.78, 5) is 12.7. The topological polar surface area (TPSA) is 29.1 Å². The van der Waals surface area contributed by atoms with Gasteiger partial charge in [-0.25, -0.2) is 0 Å². The van der Waals surface area contributed by atoms with E-state index in [1.807, 2.05) is 30.3 Å². The lowest BCUT2D eigenvalue weighted by Gasteiger charge is -2.22. The molecule has 0 spiro atoms. The number of carbonyl (C=O) groups excluding carboxylic acids is 1. The molecule has 0 aromatic heterocycles. The number of carbonyl (C=O) groups is 1. The van der Waals surface area contributed by atoms with Crippen LogP contribution in [-0.4, -0.2) is 11.3 Å². The van der Waals surface area contributed by atoms with E-state index in [4.69, 9.17) is 0 Å². The molecule has 1 N–H and O–H groups in total. The summed E-state index contributed by atoms with van der Waals surface area (Å²) in [5, 5.41) is 3.17. The molecule has 16 heavy (non-hydrogen) atoms. The molecule has 1 amide bonds. The molecule has 1 aromatic carbocycles. The number of thioether (sulfide) groups is 1. The quantitative estimate of drug-likeness (QED) is 0.789. The van der Waals surface area contributed by atoms with Crippen molar-refractivity contribution in [3.63, 3.8) is 0 Å². The summed E-state index contributed by atoms with van der Waals surface area (Å²) in [6.45, 7) is 0. The number of hydrogen-bond donors (Lipinski definition) is 1. The van der Waals surface area contributed by atoms with E-state index in [-0.39, 0.29) is 5.24 Å². The lowest BCUT2D eigenvalue weighted by atomic mass is 9.96. The van der Waals surface area contributed by atoms with E-state index >= 15 is 0 Å². The van der Waals surface area contributed by atoms with E-state index in [0.29, 0.717) is 6.04 Å². The van der Waals surface area contributed by atoms with Gasteiger partial charge in [0.25, 0.3) is 5.24 Å². The van der Waals surface area contributed by atoms with Crippen molar-refractivity contribution in [2.75, 3.05) is 0 Å². The molecule has 86 valence electrons. The normalized spacial score (nSPS) is 17.0. The molecule has 1 aliphatic rings. The van der Waals surface area contributed by atoms with Gasteiger partial charge in [-0.05, 0) is 36.7 Å². The Hall–Kier alpha value is -0.960. The molecular weight excluding hydrogens is 218 g/mol. The summed E-state index contributed by atoms with van der Waals surface area (Å²) < 4.78 is 0. The van der Waals surface area contributed by atoms with Crippen LogP contribution in [0.15, 0.2) is 35.2 Å². The average Bonchev–Trinajstić information content (AvgIpc) is 2.31. The largest absolute Gasteiger partial charge is 0.344 e. The van der Waals surface area contributed by atoms with Crippen molar-refractivity contribution in [2.24, 2.45) is 0 Å². The van der Waals surface area contributed by atoms with Crippen LogP contribution in [0, 0.1) is 0 Å². The van der Waals surface area contributed by atoms with E-state index in [1.54, 1.807) is 0 Å². The minimum absolute atomic E-state index is 0.0816. The van der Waals surface area contributed by atoms with Crippen molar-refractivity contribution in [1.29, 1.82) is 0 Å². The van der Waals surface area contributed by atoms with Gasteiger partial charge in [0, 0.05) is 10.9 Å². The summed E-state index contributed by atoms with van der Waals surface area (Å²) in [6.07, 6.45) is 6.10. The van der Waals surface area contributed by atoms with Crippen LogP contribution in [0.4, 0.5) is 4.79 Å². The first-order valence-corrected chi connectivity index (χ1v) is 6.69. The Labute approximate surface area is 101 Å². The van der Waals surface area contributed by atoms with Crippen LogP contribution in [0.2, 0.25) is 0 Å². The third-order valence-electron chi connectivity index (χ3n) is 2.88. The van der Waals surface area contributed by atoms with Crippen molar-refractivity contribution in [3.05, 3.63) is 30.3 Å².